The Kier molecular flexibility index (Phi) is 4.47. The summed E-state index contributed by atoms with van der Waals surface area (Å²) < 4.78 is 16.1. The SMILES string of the molecule is COc1cc(N2C[C@@H]3C(C)(C)C[C@]3(CN3CCOCC3)C2)nc(OC)n1. The van der Waals surface area contributed by atoms with Gasteiger partial charge in [0.2, 0.25) is 5.88 Å². The number of aromatic nitrogens is 2. The molecule has 2 saturated heterocycles. The first kappa shape index (κ1) is 17.8. The minimum absolute atomic E-state index is 0.340. The highest BCUT2D eigenvalue weighted by Crippen LogP contribution is 2.63. The standard InChI is InChI=1S/C19H30N4O3/c1-18(2)11-19(12-22-5-7-26-8-6-22)13-23(10-14(18)19)15-9-16(24-3)21-17(20-15)25-4/h9,14H,5-8,10-13H2,1-4H3/t14-,19+/m1/s1. The van der Waals surface area contributed by atoms with Gasteiger partial charge in [0, 0.05) is 44.2 Å². The first-order chi connectivity index (χ1) is 12.5. The summed E-state index contributed by atoms with van der Waals surface area (Å²) in [5.41, 5.74) is 0.717. The van der Waals surface area contributed by atoms with Crippen LogP contribution >= 0.6 is 0 Å². The van der Waals surface area contributed by atoms with Crippen molar-refractivity contribution in [1.29, 1.82) is 0 Å². The maximum atomic E-state index is 5.53. The fourth-order valence-electron chi connectivity index (χ4n) is 5.47. The van der Waals surface area contributed by atoms with E-state index in [1.807, 2.05) is 6.07 Å². The number of anilines is 1. The third kappa shape index (κ3) is 3.01. The molecule has 0 N–H and O–H groups in total. The van der Waals surface area contributed by atoms with Gasteiger partial charge in [0.15, 0.2) is 0 Å². The molecule has 2 atom stereocenters. The molecular weight excluding hydrogens is 332 g/mol. The number of hydrogen-bond donors (Lipinski definition) is 0. The van der Waals surface area contributed by atoms with Gasteiger partial charge < -0.3 is 19.1 Å². The number of methoxy groups -OCH3 is 2. The fourth-order valence-corrected chi connectivity index (χ4v) is 5.47. The Hall–Kier alpha value is -1.60. The van der Waals surface area contributed by atoms with E-state index in [-0.39, 0.29) is 0 Å². The van der Waals surface area contributed by atoms with Crippen molar-refractivity contribution in [3.63, 3.8) is 0 Å². The third-order valence-corrected chi connectivity index (χ3v) is 6.43. The molecule has 26 heavy (non-hydrogen) atoms. The third-order valence-electron chi connectivity index (χ3n) is 6.43. The van der Waals surface area contributed by atoms with E-state index in [1.165, 1.54) is 6.42 Å². The van der Waals surface area contributed by atoms with Crippen LogP contribution in [-0.2, 0) is 4.74 Å². The van der Waals surface area contributed by atoms with Gasteiger partial charge in [-0.25, -0.2) is 0 Å². The number of nitrogens with zero attached hydrogens (tertiary/aromatic N) is 4. The zero-order valence-corrected chi connectivity index (χ0v) is 16.3. The molecule has 1 saturated carbocycles. The van der Waals surface area contributed by atoms with Crippen molar-refractivity contribution in [1.82, 2.24) is 14.9 Å². The zero-order valence-electron chi connectivity index (χ0n) is 16.3. The predicted molar refractivity (Wildman–Crippen MR) is 98.9 cm³/mol. The molecule has 4 rings (SSSR count). The van der Waals surface area contributed by atoms with Crippen molar-refractivity contribution in [2.45, 2.75) is 20.3 Å². The van der Waals surface area contributed by atoms with Gasteiger partial charge in [-0.15, -0.1) is 0 Å². The predicted octanol–water partition coefficient (Wildman–Crippen LogP) is 1.68. The molecule has 7 heteroatoms. The van der Waals surface area contributed by atoms with Crippen LogP contribution in [0.2, 0.25) is 0 Å². The van der Waals surface area contributed by atoms with Gasteiger partial charge in [0.1, 0.15) is 5.82 Å². The average molecular weight is 362 g/mol. The van der Waals surface area contributed by atoms with Crippen LogP contribution in [0.3, 0.4) is 0 Å². The summed E-state index contributed by atoms with van der Waals surface area (Å²) in [4.78, 5) is 13.8. The second kappa shape index (κ2) is 6.53. The van der Waals surface area contributed by atoms with Crippen molar-refractivity contribution in [2.75, 3.05) is 65.1 Å². The lowest BCUT2D eigenvalue weighted by Gasteiger charge is -2.58. The highest BCUT2D eigenvalue weighted by atomic mass is 16.5. The maximum absolute atomic E-state index is 5.53. The summed E-state index contributed by atoms with van der Waals surface area (Å²) in [6.07, 6.45) is 1.26. The minimum atomic E-state index is 0.340. The van der Waals surface area contributed by atoms with Crippen LogP contribution in [0.1, 0.15) is 20.3 Å². The van der Waals surface area contributed by atoms with Gasteiger partial charge in [0.05, 0.1) is 27.4 Å². The maximum Gasteiger partial charge on any atom is 0.321 e. The molecule has 3 fully saturated rings. The molecule has 0 unspecified atom stereocenters. The number of morpholine rings is 1. The van der Waals surface area contributed by atoms with E-state index in [0.717, 1.165) is 51.8 Å². The molecule has 1 aromatic heterocycles. The van der Waals surface area contributed by atoms with Crippen molar-refractivity contribution in [3.8, 4) is 11.9 Å². The highest BCUT2D eigenvalue weighted by molar-refractivity contribution is 5.46. The molecule has 3 heterocycles. The average Bonchev–Trinajstić information content (AvgIpc) is 2.96. The quantitative estimate of drug-likeness (QED) is 0.790. The lowest BCUT2D eigenvalue weighted by molar-refractivity contribution is -0.0963. The Morgan fingerprint density at radius 1 is 1.19 bits per heavy atom. The van der Waals surface area contributed by atoms with Gasteiger partial charge in [-0.3, -0.25) is 4.90 Å². The summed E-state index contributed by atoms with van der Waals surface area (Å²) in [5.74, 6) is 2.12. The van der Waals surface area contributed by atoms with Crippen LogP contribution in [0.25, 0.3) is 0 Å². The Morgan fingerprint density at radius 3 is 2.62 bits per heavy atom. The topological polar surface area (TPSA) is 60.0 Å². The van der Waals surface area contributed by atoms with Crippen molar-refractivity contribution < 1.29 is 14.2 Å². The molecule has 1 aromatic rings. The number of hydrogen-bond acceptors (Lipinski definition) is 7. The van der Waals surface area contributed by atoms with Crippen molar-refractivity contribution in [3.05, 3.63) is 6.07 Å². The Labute approximate surface area is 155 Å². The Bertz CT molecular complexity index is 640. The monoisotopic (exact) mass is 362 g/mol. The fraction of sp³-hybridized carbons (Fsp3) is 0.789. The van der Waals surface area contributed by atoms with E-state index in [1.54, 1.807) is 14.2 Å². The number of fused-ring (bicyclic) bond motifs is 1. The van der Waals surface area contributed by atoms with E-state index < -0.39 is 0 Å². The van der Waals surface area contributed by atoms with E-state index >= 15 is 0 Å². The van der Waals surface area contributed by atoms with Crippen molar-refractivity contribution >= 4 is 5.82 Å². The highest BCUT2D eigenvalue weighted by Gasteiger charge is 2.63. The molecular formula is C19H30N4O3. The van der Waals surface area contributed by atoms with Crippen LogP contribution in [0.5, 0.6) is 11.9 Å². The Balaban J connectivity index is 1.57. The van der Waals surface area contributed by atoms with Crippen LogP contribution in [0.15, 0.2) is 6.07 Å². The van der Waals surface area contributed by atoms with Gasteiger partial charge >= 0.3 is 6.01 Å². The molecule has 1 aliphatic carbocycles. The second-order valence-electron chi connectivity index (χ2n) is 8.60. The smallest absolute Gasteiger partial charge is 0.321 e. The van der Waals surface area contributed by atoms with Gasteiger partial charge in [-0.2, -0.15) is 9.97 Å². The van der Waals surface area contributed by atoms with Crippen LogP contribution in [0.4, 0.5) is 5.82 Å². The molecule has 2 aliphatic heterocycles. The lowest BCUT2D eigenvalue weighted by atomic mass is 9.48. The molecule has 0 radical (unpaired) electrons. The van der Waals surface area contributed by atoms with Gasteiger partial charge in [-0.05, 0) is 17.8 Å². The molecule has 144 valence electrons. The summed E-state index contributed by atoms with van der Waals surface area (Å²) >= 11 is 0. The lowest BCUT2D eigenvalue weighted by Crippen LogP contribution is -2.59. The van der Waals surface area contributed by atoms with E-state index in [4.69, 9.17) is 14.2 Å². The van der Waals surface area contributed by atoms with Gasteiger partial charge in [0.25, 0.3) is 0 Å². The molecule has 7 nitrogen and oxygen atoms in total. The Morgan fingerprint density at radius 2 is 1.96 bits per heavy atom. The van der Waals surface area contributed by atoms with Gasteiger partial charge in [-0.1, -0.05) is 13.8 Å². The molecule has 0 bridgehead atoms. The summed E-state index contributed by atoms with van der Waals surface area (Å²) in [6.45, 7) is 11.8. The summed E-state index contributed by atoms with van der Waals surface area (Å²) in [5, 5.41) is 0. The normalized spacial score (nSPS) is 30.6. The largest absolute Gasteiger partial charge is 0.481 e. The minimum Gasteiger partial charge on any atom is -0.481 e. The van der Waals surface area contributed by atoms with Crippen LogP contribution in [-0.4, -0.2) is 75.0 Å². The van der Waals surface area contributed by atoms with E-state index in [2.05, 4.69) is 33.6 Å². The van der Waals surface area contributed by atoms with Crippen LogP contribution < -0.4 is 14.4 Å². The van der Waals surface area contributed by atoms with E-state index in [0.29, 0.717) is 28.6 Å². The molecule has 3 aliphatic rings. The second-order valence-corrected chi connectivity index (χ2v) is 8.60. The number of rotatable bonds is 5. The number of ether oxygens (including phenoxy) is 3. The molecule has 0 amide bonds. The van der Waals surface area contributed by atoms with Crippen LogP contribution in [0, 0.1) is 16.7 Å². The van der Waals surface area contributed by atoms with E-state index in [9.17, 15) is 0 Å². The summed E-state index contributed by atoms with van der Waals surface area (Å²) in [6, 6.07) is 2.28. The molecule has 0 aromatic carbocycles. The van der Waals surface area contributed by atoms with Crippen molar-refractivity contribution in [2.24, 2.45) is 16.7 Å². The first-order valence-electron chi connectivity index (χ1n) is 9.48. The molecule has 0 spiro atoms. The zero-order chi connectivity index (χ0) is 18.4. The summed E-state index contributed by atoms with van der Waals surface area (Å²) in [7, 11) is 3.22. The first-order valence-corrected chi connectivity index (χ1v) is 9.48.